The Morgan fingerprint density at radius 1 is 1.33 bits per heavy atom. The highest BCUT2D eigenvalue weighted by Crippen LogP contribution is 2.14. The van der Waals surface area contributed by atoms with Gasteiger partial charge in [-0.3, -0.25) is 14.9 Å². The van der Waals surface area contributed by atoms with Gasteiger partial charge in [0, 0.05) is 24.4 Å². The molecule has 1 heterocycles. The zero-order valence-electron chi connectivity index (χ0n) is 11.1. The normalized spacial score (nSPS) is 10.1. The molecule has 2 rings (SSSR count). The van der Waals surface area contributed by atoms with Crippen molar-refractivity contribution in [3.8, 4) is 5.69 Å². The lowest BCUT2D eigenvalue weighted by Crippen LogP contribution is -2.22. The van der Waals surface area contributed by atoms with Crippen molar-refractivity contribution >= 4 is 11.7 Å². The van der Waals surface area contributed by atoms with Gasteiger partial charge in [-0.1, -0.05) is 0 Å². The Labute approximate surface area is 118 Å². The van der Waals surface area contributed by atoms with Crippen molar-refractivity contribution in [1.82, 2.24) is 9.78 Å². The molecule has 2 aromatic rings. The summed E-state index contributed by atoms with van der Waals surface area (Å²) in [7, 11) is 0. The van der Waals surface area contributed by atoms with E-state index in [1.54, 1.807) is 6.92 Å². The molecule has 0 aliphatic rings. The summed E-state index contributed by atoms with van der Waals surface area (Å²) in [5, 5.41) is 14.5. The standard InChI is InChI=1S/C13H11N3O5/c1-2-21-13(18)12-11(17)7-8-15(14-12)9-3-5-10(6-4-9)16(19)20/h3-8H,2H2,1H3. The molecule has 0 amide bonds. The van der Waals surface area contributed by atoms with Crippen molar-refractivity contribution < 1.29 is 14.5 Å². The SMILES string of the molecule is CCOC(=O)c1nn(-c2ccc([N+](=O)[O-])cc2)ccc1=O. The van der Waals surface area contributed by atoms with Crippen LogP contribution >= 0.6 is 0 Å². The van der Waals surface area contributed by atoms with E-state index in [9.17, 15) is 19.7 Å². The van der Waals surface area contributed by atoms with E-state index < -0.39 is 16.3 Å². The number of carbonyl (C=O) groups excluding carboxylic acids is 1. The van der Waals surface area contributed by atoms with Gasteiger partial charge in [0.15, 0.2) is 0 Å². The molecule has 8 heteroatoms. The zero-order valence-corrected chi connectivity index (χ0v) is 11.1. The molecule has 0 bridgehead atoms. The van der Waals surface area contributed by atoms with Crippen LogP contribution in [0.2, 0.25) is 0 Å². The second kappa shape index (κ2) is 5.95. The van der Waals surface area contributed by atoms with E-state index in [1.165, 1.54) is 41.2 Å². The number of carbonyl (C=O) groups is 1. The highest BCUT2D eigenvalue weighted by molar-refractivity contribution is 5.86. The predicted octanol–water partition coefficient (Wildman–Crippen LogP) is 1.32. The molecule has 0 aliphatic carbocycles. The van der Waals surface area contributed by atoms with Gasteiger partial charge >= 0.3 is 5.97 Å². The molecule has 0 aliphatic heterocycles. The molecular weight excluding hydrogens is 278 g/mol. The van der Waals surface area contributed by atoms with Gasteiger partial charge in [-0.05, 0) is 19.1 Å². The van der Waals surface area contributed by atoms with E-state index in [0.717, 1.165) is 0 Å². The van der Waals surface area contributed by atoms with E-state index in [4.69, 9.17) is 4.74 Å². The maximum Gasteiger partial charge on any atom is 0.362 e. The van der Waals surface area contributed by atoms with Crippen LogP contribution in [0.5, 0.6) is 0 Å². The molecular formula is C13H11N3O5. The molecule has 0 fully saturated rings. The fraction of sp³-hybridized carbons (Fsp3) is 0.154. The van der Waals surface area contributed by atoms with Gasteiger partial charge in [0.2, 0.25) is 11.1 Å². The number of hydrogen-bond donors (Lipinski definition) is 0. The summed E-state index contributed by atoms with van der Waals surface area (Å²) in [4.78, 5) is 33.3. The molecule has 8 nitrogen and oxygen atoms in total. The summed E-state index contributed by atoms with van der Waals surface area (Å²) in [6, 6.07) is 6.72. The van der Waals surface area contributed by atoms with Gasteiger partial charge in [0.25, 0.3) is 5.69 Å². The van der Waals surface area contributed by atoms with Gasteiger partial charge in [-0.15, -0.1) is 0 Å². The lowest BCUT2D eigenvalue weighted by Gasteiger charge is -2.06. The number of nitrogens with zero attached hydrogens (tertiary/aromatic N) is 3. The number of aromatic nitrogens is 2. The first-order valence-electron chi connectivity index (χ1n) is 6.05. The largest absolute Gasteiger partial charge is 0.461 e. The van der Waals surface area contributed by atoms with Crippen molar-refractivity contribution in [2.45, 2.75) is 6.92 Å². The first-order chi connectivity index (χ1) is 10.0. The quantitative estimate of drug-likeness (QED) is 0.477. The van der Waals surface area contributed by atoms with Crippen LogP contribution in [0, 0.1) is 10.1 Å². The van der Waals surface area contributed by atoms with Gasteiger partial charge in [0.1, 0.15) is 0 Å². The Bertz CT molecular complexity index is 736. The van der Waals surface area contributed by atoms with Crippen molar-refractivity contribution in [1.29, 1.82) is 0 Å². The first kappa shape index (κ1) is 14.4. The Kier molecular flexibility index (Phi) is 4.07. The van der Waals surface area contributed by atoms with Crippen LogP contribution in [0.4, 0.5) is 5.69 Å². The van der Waals surface area contributed by atoms with Crippen molar-refractivity contribution in [2.24, 2.45) is 0 Å². The van der Waals surface area contributed by atoms with Gasteiger partial charge < -0.3 is 4.74 Å². The fourth-order valence-corrected chi connectivity index (χ4v) is 1.62. The molecule has 21 heavy (non-hydrogen) atoms. The second-order valence-corrected chi connectivity index (χ2v) is 3.97. The highest BCUT2D eigenvalue weighted by Gasteiger charge is 2.14. The molecule has 0 radical (unpaired) electrons. The van der Waals surface area contributed by atoms with Crippen molar-refractivity contribution in [3.63, 3.8) is 0 Å². The molecule has 1 aromatic heterocycles. The number of non-ortho nitro benzene ring substituents is 1. The summed E-state index contributed by atoms with van der Waals surface area (Å²) < 4.78 is 6.02. The van der Waals surface area contributed by atoms with Crippen LogP contribution in [0.25, 0.3) is 5.69 Å². The van der Waals surface area contributed by atoms with E-state index in [-0.39, 0.29) is 18.0 Å². The minimum absolute atomic E-state index is 0.0644. The number of nitro benzene ring substituents is 1. The summed E-state index contributed by atoms with van der Waals surface area (Å²) in [5.74, 6) is -0.807. The van der Waals surface area contributed by atoms with Crippen LogP contribution < -0.4 is 5.43 Å². The smallest absolute Gasteiger partial charge is 0.362 e. The monoisotopic (exact) mass is 289 g/mol. The van der Waals surface area contributed by atoms with Crippen molar-refractivity contribution in [3.05, 3.63) is 62.6 Å². The Hall–Kier alpha value is -3.03. The second-order valence-electron chi connectivity index (χ2n) is 3.97. The molecule has 108 valence electrons. The molecule has 0 unspecified atom stereocenters. The molecule has 0 N–H and O–H groups in total. The van der Waals surface area contributed by atoms with Gasteiger partial charge in [-0.2, -0.15) is 5.10 Å². The molecule has 1 aromatic carbocycles. The van der Waals surface area contributed by atoms with Crippen LogP contribution in [-0.2, 0) is 4.74 Å². The third kappa shape index (κ3) is 3.11. The number of benzene rings is 1. The lowest BCUT2D eigenvalue weighted by atomic mass is 10.3. The van der Waals surface area contributed by atoms with E-state index in [2.05, 4.69) is 5.10 Å². The third-order valence-corrected chi connectivity index (χ3v) is 2.60. The summed E-state index contributed by atoms with van der Waals surface area (Å²) in [6.45, 7) is 1.75. The number of hydrogen-bond acceptors (Lipinski definition) is 6. The Morgan fingerprint density at radius 2 is 2.00 bits per heavy atom. The van der Waals surface area contributed by atoms with E-state index in [1.807, 2.05) is 0 Å². The highest BCUT2D eigenvalue weighted by atomic mass is 16.6. The summed E-state index contributed by atoms with van der Waals surface area (Å²) in [5.41, 5.74) is -0.471. The number of rotatable bonds is 4. The molecule has 0 spiro atoms. The van der Waals surface area contributed by atoms with Crippen LogP contribution in [0.15, 0.2) is 41.3 Å². The topological polar surface area (TPSA) is 104 Å². The van der Waals surface area contributed by atoms with Gasteiger partial charge in [-0.25, -0.2) is 9.48 Å². The summed E-state index contributed by atoms with van der Waals surface area (Å²) in [6.07, 6.45) is 1.37. The lowest BCUT2D eigenvalue weighted by molar-refractivity contribution is -0.384. The Balaban J connectivity index is 2.40. The summed E-state index contributed by atoms with van der Waals surface area (Å²) >= 11 is 0. The zero-order chi connectivity index (χ0) is 15.4. The van der Waals surface area contributed by atoms with Crippen LogP contribution in [0.3, 0.4) is 0 Å². The number of ether oxygens (including phenoxy) is 1. The van der Waals surface area contributed by atoms with E-state index in [0.29, 0.717) is 5.69 Å². The minimum atomic E-state index is -0.807. The van der Waals surface area contributed by atoms with Crippen molar-refractivity contribution in [2.75, 3.05) is 6.61 Å². The van der Waals surface area contributed by atoms with E-state index >= 15 is 0 Å². The number of nitro groups is 1. The van der Waals surface area contributed by atoms with Crippen LogP contribution in [0.1, 0.15) is 17.4 Å². The average Bonchev–Trinajstić information content (AvgIpc) is 2.48. The molecule has 0 atom stereocenters. The van der Waals surface area contributed by atoms with Crippen LogP contribution in [-0.4, -0.2) is 27.3 Å². The number of esters is 1. The molecule has 0 saturated heterocycles. The predicted molar refractivity (Wildman–Crippen MR) is 72.4 cm³/mol. The minimum Gasteiger partial charge on any atom is -0.461 e. The first-order valence-corrected chi connectivity index (χ1v) is 6.05. The third-order valence-electron chi connectivity index (χ3n) is 2.60. The fourth-order valence-electron chi connectivity index (χ4n) is 1.62. The average molecular weight is 289 g/mol. The maximum absolute atomic E-state index is 11.6. The maximum atomic E-state index is 11.6. The van der Waals surface area contributed by atoms with Gasteiger partial charge in [0.05, 0.1) is 17.2 Å². The molecule has 0 saturated carbocycles. The Morgan fingerprint density at radius 3 is 2.57 bits per heavy atom.